The van der Waals surface area contributed by atoms with Gasteiger partial charge in [-0.25, -0.2) is 4.79 Å². The van der Waals surface area contributed by atoms with Gasteiger partial charge in [0.05, 0.1) is 5.92 Å². The maximum Gasteiger partial charge on any atom is 0.329 e. The Morgan fingerprint density at radius 2 is 1.82 bits per heavy atom. The van der Waals surface area contributed by atoms with E-state index in [0.29, 0.717) is 23.8 Å². The normalized spacial score (nSPS) is 26.2. The zero-order valence-corrected chi connectivity index (χ0v) is 13.7. The third-order valence-electron chi connectivity index (χ3n) is 4.66. The van der Waals surface area contributed by atoms with Crippen molar-refractivity contribution in [3.63, 3.8) is 0 Å². The molecule has 1 amide bonds. The summed E-state index contributed by atoms with van der Waals surface area (Å²) in [5.41, 5.74) is -0.295. The number of amides is 1. The van der Waals surface area contributed by atoms with Crippen LogP contribution in [0.15, 0.2) is 24.3 Å². The van der Waals surface area contributed by atoms with Gasteiger partial charge in [0.15, 0.2) is 0 Å². The summed E-state index contributed by atoms with van der Waals surface area (Å²) in [6, 6.07) is 7.05. The van der Waals surface area contributed by atoms with Gasteiger partial charge in [0, 0.05) is 5.02 Å². The van der Waals surface area contributed by atoms with E-state index in [1.807, 2.05) is 0 Å². The van der Waals surface area contributed by atoms with Crippen molar-refractivity contribution in [2.45, 2.75) is 51.0 Å². The number of benzene rings is 1. The molecule has 120 valence electrons. The molecule has 0 saturated heterocycles. The Balaban J connectivity index is 2.11. The summed E-state index contributed by atoms with van der Waals surface area (Å²) in [4.78, 5) is 24.2. The van der Waals surface area contributed by atoms with E-state index < -0.39 is 17.4 Å². The Morgan fingerprint density at radius 1 is 1.27 bits per heavy atom. The second-order valence-electron chi connectivity index (χ2n) is 6.33. The average molecular weight is 324 g/mol. The number of carboxylic acids is 1. The van der Waals surface area contributed by atoms with Crippen molar-refractivity contribution < 1.29 is 14.7 Å². The Kier molecular flexibility index (Phi) is 5.12. The molecule has 1 fully saturated rings. The summed E-state index contributed by atoms with van der Waals surface area (Å²) in [6.07, 6.45) is 2.62. The van der Waals surface area contributed by atoms with Crippen LogP contribution in [0, 0.1) is 5.92 Å². The van der Waals surface area contributed by atoms with Gasteiger partial charge in [-0.05, 0) is 56.2 Å². The fraction of sp³-hybridized carbons (Fsp3) is 0.529. The standard InChI is InChI=1S/C17H22ClNO3/c1-11-7-9-17(10-8-11,16(21)22)19-15(20)12(2)13-3-5-14(18)6-4-13/h3-6,11-12H,7-10H2,1-2H3,(H,19,20)(H,21,22). The molecule has 1 atom stereocenters. The van der Waals surface area contributed by atoms with Crippen molar-refractivity contribution in [2.24, 2.45) is 5.92 Å². The monoisotopic (exact) mass is 323 g/mol. The van der Waals surface area contributed by atoms with Crippen molar-refractivity contribution in [2.75, 3.05) is 0 Å². The molecule has 2 N–H and O–H groups in total. The van der Waals surface area contributed by atoms with Gasteiger partial charge in [-0.2, -0.15) is 0 Å². The van der Waals surface area contributed by atoms with E-state index in [-0.39, 0.29) is 5.91 Å². The first kappa shape index (κ1) is 16.8. The summed E-state index contributed by atoms with van der Waals surface area (Å²) >= 11 is 5.85. The zero-order chi connectivity index (χ0) is 16.3. The second kappa shape index (κ2) is 6.69. The van der Waals surface area contributed by atoms with Gasteiger partial charge >= 0.3 is 5.97 Å². The van der Waals surface area contributed by atoms with Crippen LogP contribution in [0.25, 0.3) is 0 Å². The Labute approximate surface area is 135 Å². The summed E-state index contributed by atoms with van der Waals surface area (Å²) in [6.45, 7) is 3.89. The van der Waals surface area contributed by atoms with Gasteiger partial charge in [-0.3, -0.25) is 4.79 Å². The van der Waals surface area contributed by atoms with Crippen LogP contribution in [0.2, 0.25) is 5.02 Å². The molecule has 0 aromatic heterocycles. The lowest BCUT2D eigenvalue weighted by molar-refractivity contribution is -0.149. The highest BCUT2D eigenvalue weighted by atomic mass is 35.5. The van der Waals surface area contributed by atoms with Crippen molar-refractivity contribution in [3.8, 4) is 0 Å². The lowest BCUT2D eigenvalue weighted by atomic mass is 9.76. The smallest absolute Gasteiger partial charge is 0.329 e. The van der Waals surface area contributed by atoms with Gasteiger partial charge in [0.25, 0.3) is 0 Å². The van der Waals surface area contributed by atoms with Crippen molar-refractivity contribution in [3.05, 3.63) is 34.9 Å². The van der Waals surface area contributed by atoms with Crippen molar-refractivity contribution in [1.29, 1.82) is 0 Å². The van der Waals surface area contributed by atoms with Crippen LogP contribution in [0.1, 0.15) is 51.0 Å². The minimum atomic E-state index is -1.12. The van der Waals surface area contributed by atoms with E-state index in [1.165, 1.54) is 0 Å². The number of carbonyl (C=O) groups excluding carboxylic acids is 1. The van der Waals surface area contributed by atoms with Gasteiger partial charge < -0.3 is 10.4 Å². The van der Waals surface area contributed by atoms with Crippen LogP contribution >= 0.6 is 11.6 Å². The van der Waals surface area contributed by atoms with E-state index in [1.54, 1.807) is 31.2 Å². The molecule has 0 heterocycles. The van der Waals surface area contributed by atoms with Gasteiger partial charge in [-0.1, -0.05) is 30.7 Å². The number of carboxylic acid groups (broad SMARTS) is 1. The summed E-state index contributed by atoms with van der Waals surface area (Å²) in [5, 5.41) is 13.0. The number of hydrogen-bond acceptors (Lipinski definition) is 2. The first-order valence-corrected chi connectivity index (χ1v) is 8.03. The predicted octanol–water partition coefficient (Wildman–Crippen LogP) is 3.59. The van der Waals surface area contributed by atoms with E-state index in [0.717, 1.165) is 18.4 Å². The molecule has 22 heavy (non-hydrogen) atoms. The zero-order valence-electron chi connectivity index (χ0n) is 12.9. The summed E-state index contributed by atoms with van der Waals surface area (Å²) in [7, 11) is 0. The molecule has 0 bridgehead atoms. The van der Waals surface area contributed by atoms with Gasteiger partial charge in [-0.15, -0.1) is 0 Å². The molecule has 1 aliphatic carbocycles. The van der Waals surface area contributed by atoms with E-state index in [2.05, 4.69) is 12.2 Å². The van der Waals surface area contributed by atoms with Crippen molar-refractivity contribution >= 4 is 23.5 Å². The molecule has 0 aliphatic heterocycles. The number of aliphatic carboxylic acids is 1. The summed E-state index contributed by atoms with van der Waals surface area (Å²) in [5.74, 6) is -1.08. The first-order chi connectivity index (χ1) is 10.3. The predicted molar refractivity (Wildman–Crippen MR) is 86.0 cm³/mol. The van der Waals surface area contributed by atoms with E-state index in [9.17, 15) is 14.7 Å². The second-order valence-corrected chi connectivity index (χ2v) is 6.77. The summed E-state index contributed by atoms with van der Waals surface area (Å²) < 4.78 is 0. The molecular weight excluding hydrogens is 302 g/mol. The van der Waals surface area contributed by atoms with Crippen LogP contribution in [0.4, 0.5) is 0 Å². The molecule has 1 aromatic rings. The Hall–Kier alpha value is -1.55. The van der Waals surface area contributed by atoms with Gasteiger partial charge in [0.2, 0.25) is 5.91 Å². The SMILES string of the molecule is CC1CCC(NC(=O)C(C)c2ccc(Cl)cc2)(C(=O)O)CC1. The molecule has 1 saturated carbocycles. The quantitative estimate of drug-likeness (QED) is 0.889. The number of rotatable bonds is 4. The molecule has 5 heteroatoms. The van der Waals surface area contributed by atoms with Crippen LogP contribution in [0.3, 0.4) is 0 Å². The van der Waals surface area contributed by atoms with Gasteiger partial charge in [0.1, 0.15) is 5.54 Å². The molecule has 0 radical (unpaired) electrons. The maximum absolute atomic E-state index is 12.5. The molecule has 1 unspecified atom stereocenters. The molecule has 2 rings (SSSR count). The Morgan fingerprint density at radius 3 is 2.32 bits per heavy atom. The Bertz CT molecular complexity index is 548. The lowest BCUT2D eigenvalue weighted by Crippen LogP contribution is -2.57. The van der Waals surface area contributed by atoms with E-state index >= 15 is 0 Å². The molecule has 1 aromatic carbocycles. The minimum absolute atomic E-state index is 0.251. The maximum atomic E-state index is 12.5. The molecule has 1 aliphatic rings. The number of halogens is 1. The fourth-order valence-electron chi connectivity index (χ4n) is 2.89. The molecule has 4 nitrogen and oxygen atoms in total. The first-order valence-electron chi connectivity index (χ1n) is 7.65. The molecular formula is C17H22ClNO3. The largest absolute Gasteiger partial charge is 0.480 e. The number of hydrogen-bond donors (Lipinski definition) is 2. The lowest BCUT2D eigenvalue weighted by Gasteiger charge is -2.37. The highest BCUT2D eigenvalue weighted by Gasteiger charge is 2.43. The third kappa shape index (κ3) is 3.61. The van der Waals surface area contributed by atoms with Crippen LogP contribution < -0.4 is 5.32 Å². The third-order valence-corrected chi connectivity index (χ3v) is 4.91. The number of nitrogens with one attached hydrogen (secondary N) is 1. The average Bonchev–Trinajstić information content (AvgIpc) is 2.49. The topological polar surface area (TPSA) is 66.4 Å². The van der Waals surface area contributed by atoms with Crippen LogP contribution in [0.5, 0.6) is 0 Å². The number of carbonyl (C=O) groups is 2. The molecule has 0 spiro atoms. The van der Waals surface area contributed by atoms with Crippen LogP contribution in [-0.2, 0) is 9.59 Å². The minimum Gasteiger partial charge on any atom is -0.480 e. The van der Waals surface area contributed by atoms with E-state index in [4.69, 9.17) is 11.6 Å². The fourth-order valence-corrected chi connectivity index (χ4v) is 3.02. The van der Waals surface area contributed by atoms with Crippen molar-refractivity contribution in [1.82, 2.24) is 5.32 Å². The van der Waals surface area contributed by atoms with Crippen LogP contribution in [-0.4, -0.2) is 22.5 Å². The highest BCUT2D eigenvalue weighted by molar-refractivity contribution is 6.30. The highest BCUT2D eigenvalue weighted by Crippen LogP contribution is 2.33.